The summed E-state index contributed by atoms with van der Waals surface area (Å²) in [6, 6.07) is 0. The van der Waals surface area contributed by atoms with Gasteiger partial charge in [0.05, 0.1) is 5.25 Å². The Morgan fingerprint density at radius 2 is 2.00 bits per heavy atom. The average Bonchev–Trinajstić information content (AvgIpc) is 1.87. The summed E-state index contributed by atoms with van der Waals surface area (Å²) in [5, 5.41) is 7.56. The van der Waals surface area contributed by atoms with E-state index in [1.165, 1.54) is 0 Å². The second kappa shape index (κ2) is 4.69. The van der Waals surface area contributed by atoms with Crippen molar-refractivity contribution in [3.05, 3.63) is 6.92 Å². The highest BCUT2D eigenvalue weighted by Gasteiger charge is 2.19. The van der Waals surface area contributed by atoms with Crippen molar-refractivity contribution in [2.45, 2.75) is 24.5 Å². The maximum atomic E-state index is 10.5. The molecule has 1 unspecified atom stereocenters. The maximum absolute atomic E-state index is 10.5. The van der Waals surface area contributed by atoms with Crippen molar-refractivity contribution in [1.29, 1.82) is 0 Å². The van der Waals surface area contributed by atoms with Gasteiger partial charge in [-0.2, -0.15) is 8.42 Å². The molecule has 0 fully saturated rings. The van der Waals surface area contributed by atoms with Gasteiger partial charge in [-0.25, -0.2) is 0 Å². The lowest BCUT2D eigenvalue weighted by Crippen LogP contribution is -2.19. The predicted molar refractivity (Wildman–Crippen MR) is 41.6 cm³/mol. The van der Waals surface area contributed by atoms with Crippen LogP contribution in [0.15, 0.2) is 0 Å². The van der Waals surface area contributed by atoms with Crippen molar-refractivity contribution >= 4 is 10.1 Å². The molecule has 0 saturated heterocycles. The van der Waals surface area contributed by atoms with Crippen molar-refractivity contribution < 1.29 is 18.1 Å². The Hall–Kier alpha value is -0.130. The Morgan fingerprint density at radius 3 is 2.27 bits per heavy atom. The molecular weight excluding hydrogens is 168 g/mol. The molecular formula is C6H13O4S. The fourth-order valence-corrected chi connectivity index (χ4v) is 1.52. The van der Waals surface area contributed by atoms with Crippen LogP contribution < -0.4 is 0 Å². The molecule has 11 heavy (non-hydrogen) atoms. The van der Waals surface area contributed by atoms with E-state index in [0.717, 1.165) is 0 Å². The summed E-state index contributed by atoms with van der Waals surface area (Å²) in [6.07, 6.45) is 0.775. The van der Waals surface area contributed by atoms with Crippen LogP contribution in [0.3, 0.4) is 0 Å². The third-order valence-corrected chi connectivity index (χ3v) is 2.74. The van der Waals surface area contributed by atoms with Gasteiger partial charge in [-0.3, -0.25) is 4.55 Å². The van der Waals surface area contributed by atoms with Crippen LogP contribution in [0.4, 0.5) is 0 Å². The van der Waals surface area contributed by atoms with E-state index >= 15 is 0 Å². The molecule has 0 rings (SSSR count). The molecule has 67 valence electrons. The van der Waals surface area contributed by atoms with E-state index in [1.807, 2.05) is 0 Å². The molecule has 0 aliphatic carbocycles. The van der Waals surface area contributed by atoms with Crippen LogP contribution in [-0.4, -0.2) is 29.9 Å². The van der Waals surface area contributed by atoms with Crippen LogP contribution in [0.5, 0.6) is 0 Å². The van der Waals surface area contributed by atoms with Crippen molar-refractivity contribution in [2.75, 3.05) is 6.61 Å². The molecule has 5 heteroatoms. The molecule has 0 aromatic carbocycles. The fraction of sp³-hybridized carbons (Fsp3) is 0.833. The van der Waals surface area contributed by atoms with E-state index in [-0.39, 0.29) is 19.4 Å². The zero-order chi connectivity index (χ0) is 8.91. The van der Waals surface area contributed by atoms with E-state index in [0.29, 0.717) is 6.42 Å². The zero-order valence-electron chi connectivity index (χ0n) is 6.23. The van der Waals surface area contributed by atoms with Crippen LogP contribution in [-0.2, 0) is 10.1 Å². The smallest absolute Gasteiger partial charge is 0.267 e. The molecule has 0 amide bonds. The van der Waals surface area contributed by atoms with E-state index in [1.54, 1.807) is 0 Å². The highest BCUT2D eigenvalue weighted by molar-refractivity contribution is 7.86. The van der Waals surface area contributed by atoms with Crippen LogP contribution in [0.25, 0.3) is 0 Å². The first-order chi connectivity index (χ1) is 5.02. The highest BCUT2D eigenvalue weighted by atomic mass is 32.2. The number of hydrogen-bond donors (Lipinski definition) is 2. The molecule has 2 N–H and O–H groups in total. The minimum atomic E-state index is -3.96. The Balaban J connectivity index is 3.97. The highest BCUT2D eigenvalue weighted by Crippen LogP contribution is 2.09. The second-order valence-electron chi connectivity index (χ2n) is 2.29. The summed E-state index contributed by atoms with van der Waals surface area (Å²) >= 11 is 0. The Kier molecular flexibility index (Phi) is 4.63. The van der Waals surface area contributed by atoms with Crippen LogP contribution in [0.2, 0.25) is 0 Å². The Morgan fingerprint density at radius 1 is 1.45 bits per heavy atom. The summed E-state index contributed by atoms with van der Waals surface area (Å²) in [6.45, 7) is 3.32. The summed E-state index contributed by atoms with van der Waals surface area (Å²) in [4.78, 5) is 0. The third kappa shape index (κ3) is 4.34. The topological polar surface area (TPSA) is 74.6 Å². The van der Waals surface area contributed by atoms with Crippen molar-refractivity contribution in [3.8, 4) is 0 Å². The summed E-state index contributed by atoms with van der Waals surface area (Å²) in [7, 11) is -3.96. The molecule has 1 radical (unpaired) electrons. The minimum absolute atomic E-state index is 0.0635. The quantitative estimate of drug-likeness (QED) is 0.596. The van der Waals surface area contributed by atoms with Gasteiger partial charge in [-0.1, -0.05) is 6.92 Å². The van der Waals surface area contributed by atoms with Crippen molar-refractivity contribution in [3.63, 3.8) is 0 Å². The maximum Gasteiger partial charge on any atom is 0.267 e. The van der Waals surface area contributed by atoms with E-state index < -0.39 is 15.4 Å². The Labute approximate surface area is 67.0 Å². The summed E-state index contributed by atoms with van der Waals surface area (Å²) in [5.74, 6) is 0. The second-order valence-corrected chi connectivity index (χ2v) is 3.99. The molecule has 0 aliphatic heterocycles. The summed E-state index contributed by atoms with van der Waals surface area (Å²) < 4.78 is 29.6. The van der Waals surface area contributed by atoms with Gasteiger partial charge in [0.25, 0.3) is 10.1 Å². The third-order valence-electron chi connectivity index (χ3n) is 1.43. The van der Waals surface area contributed by atoms with Gasteiger partial charge in [-0.15, -0.1) is 0 Å². The van der Waals surface area contributed by atoms with E-state index in [9.17, 15) is 8.42 Å². The van der Waals surface area contributed by atoms with Gasteiger partial charge in [0, 0.05) is 6.61 Å². The number of rotatable bonds is 5. The molecule has 0 heterocycles. The van der Waals surface area contributed by atoms with Crippen molar-refractivity contribution in [1.82, 2.24) is 0 Å². The lowest BCUT2D eigenvalue weighted by molar-refractivity contribution is 0.282. The SMILES string of the molecule is [CH2]CC(CCCO)S(=O)(=O)O. The monoisotopic (exact) mass is 181 g/mol. The first kappa shape index (κ1) is 10.9. The molecule has 4 nitrogen and oxygen atoms in total. The molecule has 0 aromatic rings. The van der Waals surface area contributed by atoms with E-state index in [2.05, 4.69) is 6.92 Å². The van der Waals surface area contributed by atoms with Gasteiger partial charge in [0.1, 0.15) is 0 Å². The minimum Gasteiger partial charge on any atom is -0.396 e. The number of hydrogen-bond acceptors (Lipinski definition) is 3. The normalized spacial score (nSPS) is 14.8. The van der Waals surface area contributed by atoms with Gasteiger partial charge in [0.2, 0.25) is 0 Å². The first-order valence-corrected chi connectivity index (χ1v) is 4.89. The molecule has 0 aromatic heterocycles. The number of aliphatic hydroxyl groups excluding tert-OH is 1. The lowest BCUT2D eigenvalue weighted by atomic mass is 10.2. The van der Waals surface area contributed by atoms with Crippen molar-refractivity contribution in [2.24, 2.45) is 0 Å². The van der Waals surface area contributed by atoms with E-state index in [4.69, 9.17) is 9.66 Å². The molecule has 0 aliphatic rings. The van der Waals surface area contributed by atoms with Gasteiger partial charge in [-0.05, 0) is 19.3 Å². The Bertz CT molecular complexity index is 185. The van der Waals surface area contributed by atoms with Crippen LogP contribution >= 0.6 is 0 Å². The molecule has 0 saturated carbocycles. The molecule has 0 bridgehead atoms. The van der Waals surface area contributed by atoms with Gasteiger partial charge >= 0.3 is 0 Å². The van der Waals surface area contributed by atoms with Gasteiger partial charge < -0.3 is 5.11 Å². The lowest BCUT2D eigenvalue weighted by Gasteiger charge is -2.09. The van der Waals surface area contributed by atoms with Gasteiger partial charge in [0.15, 0.2) is 0 Å². The largest absolute Gasteiger partial charge is 0.396 e. The summed E-state index contributed by atoms with van der Waals surface area (Å²) in [5.41, 5.74) is 0. The standard InChI is InChI=1S/C6H13O4S/c1-2-6(4-3-5-7)11(8,9)10/h6-7H,1-5H2,(H,8,9,10). The molecule has 1 atom stereocenters. The fourth-order valence-electron chi connectivity index (χ4n) is 0.761. The van der Waals surface area contributed by atoms with Crippen LogP contribution in [0, 0.1) is 6.92 Å². The van der Waals surface area contributed by atoms with Crippen LogP contribution in [0.1, 0.15) is 19.3 Å². The average molecular weight is 181 g/mol. The predicted octanol–water partition coefficient (Wildman–Crippen LogP) is 0.239. The number of aliphatic hydroxyl groups is 1. The zero-order valence-corrected chi connectivity index (χ0v) is 7.05. The molecule has 0 spiro atoms. The first-order valence-electron chi connectivity index (χ1n) is 3.38.